The van der Waals surface area contributed by atoms with Crippen LogP contribution in [0.4, 0.5) is 43.4 Å². The highest BCUT2D eigenvalue weighted by atomic mass is 19.2. The molecule has 0 spiro atoms. The van der Waals surface area contributed by atoms with Crippen molar-refractivity contribution in [2.45, 2.75) is 30.7 Å². The van der Waals surface area contributed by atoms with Crippen molar-refractivity contribution in [3.8, 4) is 5.75 Å². The number of aliphatic hydroxyl groups is 3. The SMILES string of the molecule is O=C1C(C(C2C(=O)N(c3ccccc3)N=C2c2cc(F)c(F)cc2F)C2O[C@@H](Oc3ccc([N+](=O)[O-])cc3)C(O)[C@@H](O)[C@H]2O)C(c2cc(F)c(F)cc2F)=NN1c1ccccc1. The highest BCUT2D eigenvalue weighted by molar-refractivity contribution is 6.25. The maximum absolute atomic E-state index is 15.9. The molecule has 1 fully saturated rings. The number of nitro groups is 1. The van der Waals surface area contributed by atoms with Gasteiger partial charge in [0.25, 0.3) is 17.5 Å². The minimum absolute atomic E-state index is 0.0170. The monoisotopic (exact) mass is 861 g/mol. The van der Waals surface area contributed by atoms with Gasteiger partial charge in [0.1, 0.15) is 35.7 Å². The lowest BCUT2D eigenvalue weighted by Gasteiger charge is -2.45. The molecule has 62 heavy (non-hydrogen) atoms. The number of non-ortho nitro benzene ring substituents is 1. The molecule has 7 atom stereocenters. The molecular weight excluding hydrogens is 832 g/mol. The van der Waals surface area contributed by atoms with E-state index >= 15 is 27.2 Å². The third kappa shape index (κ3) is 7.42. The fourth-order valence-electron chi connectivity index (χ4n) is 7.66. The topological polar surface area (TPSA) is 188 Å². The van der Waals surface area contributed by atoms with E-state index in [9.17, 15) is 34.2 Å². The summed E-state index contributed by atoms with van der Waals surface area (Å²) in [6.45, 7) is 0. The molecule has 3 N–H and O–H groups in total. The number of aliphatic hydroxyl groups excluding tert-OH is 3. The highest BCUT2D eigenvalue weighted by Gasteiger charge is 2.60. The van der Waals surface area contributed by atoms with Gasteiger partial charge in [-0.1, -0.05) is 36.4 Å². The van der Waals surface area contributed by atoms with E-state index in [1.807, 2.05) is 0 Å². The lowest BCUT2D eigenvalue weighted by Crippen LogP contribution is -2.64. The van der Waals surface area contributed by atoms with Gasteiger partial charge in [-0.15, -0.1) is 0 Å². The van der Waals surface area contributed by atoms with Gasteiger partial charge in [-0.3, -0.25) is 19.7 Å². The molecule has 0 saturated carbocycles. The fraction of sp³-hybridized carbons (Fsp3) is 0.190. The lowest BCUT2D eigenvalue weighted by atomic mass is 9.68. The maximum Gasteiger partial charge on any atom is 0.269 e. The Morgan fingerprint density at radius 2 is 1.05 bits per heavy atom. The summed E-state index contributed by atoms with van der Waals surface area (Å²) in [5, 5.41) is 55.7. The molecule has 3 aliphatic heterocycles. The molecular formula is C42H29F6N5O9. The van der Waals surface area contributed by atoms with Gasteiger partial charge in [0.15, 0.2) is 23.3 Å². The summed E-state index contributed by atoms with van der Waals surface area (Å²) in [5.74, 6) is -18.3. The molecule has 3 heterocycles. The van der Waals surface area contributed by atoms with Crippen molar-refractivity contribution in [2.24, 2.45) is 28.0 Å². The molecule has 8 rings (SSSR count). The number of para-hydroxylation sites is 2. The number of nitro benzene ring substituents is 1. The van der Waals surface area contributed by atoms with E-state index in [-0.39, 0.29) is 34.9 Å². The average molecular weight is 862 g/mol. The smallest absolute Gasteiger partial charge is 0.269 e. The first-order valence-electron chi connectivity index (χ1n) is 18.5. The lowest BCUT2D eigenvalue weighted by molar-refractivity contribution is -0.384. The quantitative estimate of drug-likeness (QED) is 0.0719. The number of hydrogen-bond acceptors (Lipinski definition) is 11. The van der Waals surface area contributed by atoms with Crippen LogP contribution in [0.2, 0.25) is 0 Å². The van der Waals surface area contributed by atoms with Crippen LogP contribution in [-0.2, 0) is 14.3 Å². The van der Waals surface area contributed by atoms with Crippen LogP contribution in [0.15, 0.2) is 119 Å². The number of nitrogens with zero attached hydrogens (tertiary/aromatic N) is 5. The van der Waals surface area contributed by atoms with Crippen LogP contribution >= 0.6 is 0 Å². The number of ether oxygens (including phenoxy) is 2. The maximum atomic E-state index is 15.9. The Bertz CT molecular complexity index is 2510. The third-order valence-electron chi connectivity index (χ3n) is 10.6. The molecule has 5 aromatic carbocycles. The van der Waals surface area contributed by atoms with Gasteiger partial charge in [-0.25, -0.2) is 26.3 Å². The van der Waals surface area contributed by atoms with Crippen LogP contribution < -0.4 is 14.8 Å². The predicted molar refractivity (Wildman–Crippen MR) is 204 cm³/mol. The Balaban J connectivity index is 1.36. The Labute approximate surface area is 345 Å². The Morgan fingerprint density at radius 3 is 1.48 bits per heavy atom. The zero-order valence-electron chi connectivity index (χ0n) is 31.3. The van der Waals surface area contributed by atoms with Gasteiger partial charge in [0.2, 0.25) is 6.29 Å². The zero-order chi connectivity index (χ0) is 44.1. The van der Waals surface area contributed by atoms with E-state index in [2.05, 4.69) is 10.2 Å². The number of hydrazone groups is 2. The summed E-state index contributed by atoms with van der Waals surface area (Å²) >= 11 is 0. The molecule has 3 aliphatic rings. The largest absolute Gasteiger partial charge is 0.462 e. The van der Waals surface area contributed by atoms with Crippen LogP contribution in [0.1, 0.15) is 11.1 Å². The van der Waals surface area contributed by atoms with Gasteiger partial charge in [-0.05, 0) is 48.5 Å². The molecule has 318 valence electrons. The minimum atomic E-state index is -2.34. The average Bonchev–Trinajstić information content (AvgIpc) is 3.78. The van der Waals surface area contributed by atoms with Gasteiger partial charge in [0.05, 0.1) is 45.7 Å². The Kier molecular flexibility index (Phi) is 11.1. The summed E-state index contributed by atoms with van der Waals surface area (Å²) in [4.78, 5) is 40.6. The van der Waals surface area contributed by atoms with Crippen LogP contribution in [0, 0.1) is 62.8 Å². The van der Waals surface area contributed by atoms with Gasteiger partial charge in [-0.2, -0.15) is 20.2 Å². The molecule has 0 radical (unpaired) electrons. The van der Waals surface area contributed by atoms with Crippen molar-refractivity contribution in [3.05, 3.63) is 165 Å². The summed E-state index contributed by atoms with van der Waals surface area (Å²) in [6, 6.07) is 20.0. The van der Waals surface area contributed by atoms with Crippen LogP contribution in [0.25, 0.3) is 0 Å². The summed E-state index contributed by atoms with van der Waals surface area (Å²) in [7, 11) is 0. The number of anilines is 2. The molecule has 2 amide bonds. The van der Waals surface area contributed by atoms with Gasteiger partial charge in [0, 0.05) is 41.3 Å². The molecule has 14 nitrogen and oxygen atoms in total. The second-order valence-electron chi connectivity index (χ2n) is 14.3. The summed E-state index contributed by atoms with van der Waals surface area (Å²) < 4.78 is 103. The number of rotatable bonds is 10. The number of amides is 2. The standard InChI is InChI=1S/C42H29F6N5O9/c43-25-17-29(47)27(45)15-23(25)34-32(40(57)51(49-34)19-7-3-1-4-8-19)31(39-37(55)36(54)38(56)42(62-39)61-22-13-11-21(12-14-22)53(59)60)33-35(24-16-28(46)30(48)18-26(24)44)50-52(41(33)58)20-9-5-2-6-10-20/h1-18,31-33,36-39,42,54-56H/t31?,32?,33?,36-,37+,38?,39?,42+/m0/s1. The van der Waals surface area contributed by atoms with Gasteiger partial charge < -0.3 is 24.8 Å². The molecule has 0 aromatic heterocycles. The number of hydrogen-bond donors (Lipinski definition) is 3. The first-order chi connectivity index (χ1) is 29.6. The first-order valence-corrected chi connectivity index (χ1v) is 18.5. The predicted octanol–water partition coefficient (Wildman–Crippen LogP) is 5.37. The van der Waals surface area contributed by atoms with Crippen molar-refractivity contribution >= 4 is 40.3 Å². The van der Waals surface area contributed by atoms with E-state index in [4.69, 9.17) is 9.47 Å². The molecule has 4 unspecified atom stereocenters. The van der Waals surface area contributed by atoms with Crippen molar-refractivity contribution in [1.82, 2.24) is 0 Å². The van der Waals surface area contributed by atoms with Crippen molar-refractivity contribution in [2.75, 3.05) is 10.0 Å². The zero-order valence-corrected chi connectivity index (χ0v) is 31.3. The molecule has 5 aromatic rings. The molecule has 20 heteroatoms. The van der Waals surface area contributed by atoms with Crippen molar-refractivity contribution in [3.63, 3.8) is 0 Å². The fourth-order valence-corrected chi connectivity index (χ4v) is 7.66. The van der Waals surface area contributed by atoms with Crippen LogP contribution in [0.5, 0.6) is 5.75 Å². The van der Waals surface area contributed by atoms with E-state index in [0.717, 1.165) is 34.3 Å². The van der Waals surface area contributed by atoms with E-state index in [1.165, 1.54) is 48.5 Å². The summed E-state index contributed by atoms with van der Waals surface area (Å²) in [6.07, 6.45) is -11.0. The van der Waals surface area contributed by atoms with Gasteiger partial charge >= 0.3 is 0 Å². The van der Waals surface area contributed by atoms with E-state index in [1.54, 1.807) is 12.1 Å². The molecule has 0 aliphatic carbocycles. The number of carbonyl (C=O) groups excluding carboxylic acids is 2. The number of benzene rings is 5. The molecule has 1 saturated heterocycles. The second kappa shape index (κ2) is 16.5. The number of halogens is 6. The molecule has 0 bridgehead atoms. The number of carbonyl (C=O) groups is 2. The van der Waals surface area contributed by atoms with E-state index < -0.39 is 123 Å². The van der Waals surface area contributed by atoms with E-state index in [0.29, 0.717) is 12.1 Å². The second-order valence-corrected chi connectivity index (χ2v) is 14.3. The Hall–Kier alpha value is -7.00. The summed E-state index contributed by atoms with van der Waals surface area (Å²) in [5.41, 5.74) is -3.42. The normalized spacial score (nSPS) is 24.2. The van der Waals surface area contributed by atoms with Crippen LogP contribution in [-0.4, -0.2) is 74.2 Å². The Morgan fingerprint density at radius 1 is 0.613 bits per heavy atom. The van der Waals surface area contributed by atoms with Crippen molar-refractivity contribution in [1.29, 1.82) is 0 Å². The third-order valence-corrected chi connectivity index (χ3v) is 10.6. The first kappa shape index (κ1) is 41.7. The van der Waals surface area contributed by atoms with Crippen molar-refractivity contribution < 1.29 is 65.6 Å². The van der Waals surface area contributed by atoms with Crippen LogP contribution in [0.3, 0.4) is 0 Å². The minimum Gasteiger partial charge on any atom is -0.462 e. The highest BCUT2D eigenvalue weighted by Crippen LogP contribution is 2.45.